The van der Waals surface area contributed by atoms with Gasteiger partial charge >= 0.3 is 5.97 Å². The Morgan fingerprint density at radius 2 is 1.95 bits per heavy atom. The highest BCUT2D eigenvalue weighted by atomic mass is 16.5. The zero-order valence-electron chi connectivity index (χ0n) is 13.3. The second-order valence-corrected chi connectivity index (χ2v) is 6.77. The van der Waals surface area contributed by atoms with Gasteiger partial charge in [-0.05, 0) is 56.2 Å². The molecule has 0 spiro atoms. The molecule has 0 amide bonds. The normalized spacial score (nSPS) is 16.7. The number of carboxylic acid groups (broad SMARTS) is 1. The number of hydrogen-bond donors (Lipinski definition) is 1. The van der Waals surface area contributed by atoms with Gasteiger partial charge in [0.05, 0.1) is 12.5 Å². The molecule has 1 saturated carbocycles. The average molecular weight is 290 g/mol. The van der Waals surface area contributed by atoms with E-state index in [9.17, 15) is 9.90 Å². The molecule has 0 aliphatic heterocycles. The molecule has 2 rings (SSSR count). The summed E-state index contributed by atoms with van der Waals surface area (Å²) in [6.45, 7) is 3.53. The Bertz CT molecular complexity index is 499. The van der Waals surface area contributed by atoms with Crippen LogP contribution in [0.5, 0.6) is 5.75 Å². The summed E-state index contributed by atoms with van der Waals surface area (Å²) in [4.78, 5) is 11.4. The summed E-state index contributed by atoms with van der Waals surface area (Å²) in [5, 5.41) is 9.34. The Balaban J connectivity index is 2.27. The highest BCUT2D eigenvalue weighted by molar-refractivity contribution is 5.74. The van der Waals surface area contributed by atoms with Crippen molar-refractivity contribution in [2.75, 3.05) is 7.11 Å². The summed E-state index contributed by atoms with van der Waals surface area (Å²) >= 11 is 0. The number of carbonyl (C=O) groups is 1. The molecule has 0 unspecified atom stereocenters. The third-order valence-electron chi connectivity index (χ3n) is 4.59. The molecule has 3 heteroatoms. The van der Waals surface area contributed by atoms with Crippen molar-refractivity contribution in [2.45, 2.75) is 58.3 Å². The van der Waals surface area contributed by atoms with Gasteiger partial charge in [0.25, 0.3) is 0 Å². The first-order valence-electron chi connectivity index (χ1n) is 7.84. The average Bonchev–Trinajstić information content (AvgIpc) is 2.47. The van der Waals surface area contributed by atoms with Gasteiger partial charge in [-0.15, -0.1) is 0 Å². The topological polar surface area (TPSA) is 46.5 Å². The van der Waals surface area contributed by atoms with Crippen LogP contribution in [0.1, 0.15) is 63.0 Å². The SMILES string of the molecule is COc1ccc(C2CCCCC2)cc1CC(C)(C)C(=O)O. The highest BCUT2D eigenvalue weighted by Gasteiger charge is 2.29. The van der Waals surface area contributed by atoms with Crippen LogP contribution in [0.3, 0.4) is 0 Å². The molecule has 1 aliphatic carbocycles. The van der Waals surface area contributed by atoms with Gasteiger partial charge in [0.1, 0.15) is 5.75 Å². The number of methoxy groups -OCH3 is 1. The molecule has 116 valence electrons. The van der Waals surface area contributed by atoms with Crippen molar-refractivity contribution < 1.29 is 14.6 Å². The molecule has 1 aromatic rings. The molecule has 21 heavy (non-hydrogen) atoms. The maximum absolute atomic E-state index is 11.4. The van der Waals surface area contributed by atoms with Gasteiger partial charge in [0.2, 0.25) is 0 Å². The second kappa shape index (κ2) is 6.50. The largest absolute Gasteiger partial charge is 0.496 e. The van der Waals surface area contributed by atoms with Gasteiger partial charge in [-0.1, -0.05) is 31.4 Å². The van der Waals surface area contributed by atoms with Crippen LogP contribution >= 0.6 is 0 Å². The third kappa shape index (κ3) is 3.78. The Morgan fingerprint density at radius 1 is 1.29 bits per heavy atom. The minimum Gasteiger partial charge on any atom is -0.496 e. The summed E-state index contributed by atoms with van der Waals surface area (Å²) in [6, 6.07) is 6.31. The molecule has 3 nitrogen and oxygen atoms in total. The number of aliphatic carboxylic acids is 1. The molecule has 1 fully saturated rings. The molecule has 0 radical (unpaired) electrons. The number of benzene rings is 1. The van der Waals surface area contributed by atoms with E-state index in [0.717, 1.165) is 11.3 Å². The van der Waals surface area contributed by atoms with Crippen molar-refractivity contribution >= 4 is 5.97 Å². The fraction of sp³-hybridized carbons (Fsp3) is 0.611. The molecular formula is C18H26O3. The number of carboxylic acids is 1. The lowest BCUT2D eigenvalue weighted by Gasteiger charge is -2.25. The maximum Gasteiger partial charge on any atom is 0.309 e. The van der Waals surface area contributed by atoms with Crippen molar-refractivity contribution in [1.82, 2.24) is 0 Å². The molecular weight excluding hydrogens is 264 g/mol. The first-order valence-corrected chi connectivity index (χ1v) is 7.84. The zero-order chi connectivity index (χ0) is 15.5. The molecule has 0 atom stereocenters. The van der Waals surface area contributed by atoms with E-state index < -0.39 is 11.4 Å². The molecule has 1 N–H and O–H groups in total. The highest BCUT2D eigenvalue weighted by Crippen LogP contribution is 2.36. The Hall–Kier alpha value is -1.51. The molecule has 1 aliphatic rings. The van der Waals surface area contributed by atoms with Crippen molar-refractivity contribution in [1.29, 1.82) is 0 Å². The van der Waals surface area contributed by atoms with Crippen LogP contribution in [0.4, 0.5) is 0 Å². The quantitative estimate of drug-likeness (QED) is 0.874. The van der Waals surface area contributed by atoms with Crippen molar-refractivity contribution in [3.05, 3.63) is 29.3 Å². The molecule has 0 saturated heterocycles. The number of hydrogen-bond acceptors (Lipinski definition) is 2. The predicted molar refractivity (Wildman–Crippen MR) is 83.9 cm³/mol. The Morgan fingerprint density at radius 3 is 2.52 bits per heavy atom. The third-order valence-corrected chi connectivity index (χ3v) is 4.59. The second-order valence-electron chi connectivity index (χ2n) is 6.77. The van der Waals surface area contributed by atoms with Gasteiger partial charge < -0.3 is 9.84 Å². The van der Waals surface area contributed by atoms with Gasteiger partial charge in [0.15, 0.2) is 0 Å². The van der Waals surface area contributed by atoms with Crippen molar-refractivity contribution in [2.24, 2.45) is 5.41 Å². The van der Waals surface area contributed by atoms with Crippen LogP contribution in [-0.4, -0.2) is 18.2 Å². The lowest BCUT2D eigenvalue weighted by Crippen LogP contribution is -2.26. The summed E-state index contributed by atoms with van der Waals surface area (Å²) in [5.41, 5.74) is 1.57. The fourth-order valence-electron chi connectivity index (χ4n) is 3.18. The predicted octanol–water partition coefficient (Wildman–Crippen LogP) is 4.40. The van der Waals surface area contributed by atoms with Crippen LogP contribution in [-0.2, 0) is 11.2 Å². The van der Waals surface area contributed by atoms with Gasteiger partial charge in [0, 0.05) is 0 Å². The molecule has 1 aromatic carbocycles. The van der Waals surface area contributed by atoms with Crippen LogP contribution in [0.15, 0.2) is 18.2 Å². The number of rotatable bonds is 5. The van der Waals surface area contributed by atoms with Gasteiger partial charge in [-0.3, -0.25) is 4.79 Å². The maximum atomic E-state index is 11.4. The number of ether oxygens (including phenoxy) is 1. The van der Waals surface area contributed by atoms with Crippen LogP contribution < -0.4 is 4.74 Å². The molecule has 0 heterocycles. The van der Waals surface area contributed by atoms with E-state index in [1.807, 2.05) is 6.07 Å². The summed E-state index contributed by atoms with van der Waals surface area (Å²) in [6.07, 6.45) is 6.92. The van der Waals surface area contributed by atoms with Crippen LogP contribution in [0, 0.1) is 5.41 Å². The Kier molecular flexibility index (Phi) is 4.92. The first kappa shape index (κ1) is 15.9. The van der Waals surface area contributed by atoms with Crippen molar-refractivity contribution in [3.63, 3.8) is 0 Å². The van der Waals surface area contributed by atoms with Crippen LogP contribution in [0.25, 0.3) is 0 Å². The lowest BCUT2D eigenvalue weighted by molar-refractivity contribution is -0.146. The molecule has 0 aromatic heterocycles. The zero-order valence-corrected chi connectivity index (χ0v) is 13.3. The van der Waals surface area contributed by atoms with E-state index in [4.69, 9.17) is 4.74 Å². The van der Waals surface area contributed by atoms with Crippen LogP contribution in [0.2, 0.25) is 0 Å². The lowest BCUT2D eigenvalue weighted by atomic mass is 9.81. The smallest absolute Gasteiger partial charge is 0.309 e. The van der Waals surface area contributed by atoms with E-state index in [0.29, 0.717) is 12.3 Å². The fourth-order valence-corrected chi connectivity index (χ4v) is 3.18. The monoisotopic (exact) mass is 290 g/mol. The minimum absolute atomic E-state index is 0.492. The van der Waals surface area contributed by atoms with Gasteiger partial charge in [-0.25, -0.2) is 0 Å². The minimum atomic E-state index is -0.779. The van der Waals surface area contributed by atoms with Gasteiger partial charge in [-0.2, -0.15) is 0 Å². The Labute approximate surface area is 127 Å². The summed E-state index contributed by atoms with van der Waals surface area (Å²) < 4.78 is 5.42. The molecule has 0 bridgehead atoms. The van der Waals surface area contributed by atoms with E-state index >= 15 is 0 Å². The van der Waals surface area contributed by atoms with E-state index in [-0.39, 0.29) is 0 Å². The van der Waals surface area contributed by atoms with E-state index in [2.05, 4.69) is 12.1 Å². The summed E-state index contributed by atoms with van der Waals surface area (Å²) in [7, 11) is 1.65. The van der Waals surface area contributed by atoms with Crippen molar-refractivity contribution in [3.8, 4) is 5.75 Å². The first-order chi connectivity index (χ1) is 9.94. The van der Waals surface area contributed by atoms with E-state index in [1.165, 1.54) is 37.7 Å². The standard InChI is InChI=1S/C18H26O3/c1-18(2,17(19)20)12-15-11-14(9-10-16(15)21-3)13-7-5-4-6-8-13/h9-11,13H,4-8,12H2,1-3H3,(H,19,20). The van der Waals surface area contributed by atoms with E-state index in [1.54, 1.807) is 21.0 Å². The summed E-state index contributed by atoms with van der Waals surface area (Å²) in [5.74, 6) is 0.646.